The van der Waals surface area contributed by atoms with Crippen LogP contribution in [0, 0.1) is 6.92 Å². The van der Waals surface area contributed by atoms with Crippen LogP contribution in [-0.2, 0) is 9.47 Å². The average Bonchev–Trinajstić information content (AvgIpc) is 2.34. The van der Waals surface area contributed by atoms with Crippen LogP contribution >= 0.6 is 0 Å². The topological polar surface area (TPSA) is 18.5 Å². The maximum atomic E-state index is 5.59. The van der Waals surface area contributed by atoms with E-state index in [0.29, 0.717) is 6.61 Å². The van der Waals surface area contributed by atoms with Crippen molar-refractivity contribution >= 4 is 0 Å². The van der Waals surface area contributed by atoms with E-state index < -0.39 is 0 Å². The zero-order valence-corrected chi connectivity index (χ0v) is 6.71. The van der Waals surface area contributed by atoms with Gasteiger partial charge in [-0.3, -0.25) is 0 Å². The van der Waals surface area contributed by atoms with Gasteiger partial charge < -0.3 is 9.47 Å². The van der Waals surface area contributed by atoms with Gasteiger partial charge in [0, 0.05) is 12.8 Å². The number of ether oxygens (including phenoxy) is 2. The van der Waals surface area contributed by atoms with E-state index in [2.05, 4.69) is 0 Å². The minimum absolute atomic E-state index is 0.187. The largest absolute Gasteiger partial charge is 0.347 e. The fourth-order valence-corrected chi connectivity index (χ4v) is 1.93. The van der Waals surface area contributed by atoms with E-state index in [4.69, 9.17) is 16.4 Å². The number of hydrogen-bond donors (Lipinski definition) is 0. The van der Waals surface area contributed by atoms with Gasteiger partial charge in [-0.15, -0.1) is 0 Å². The van der Waals surface area contributed by atoms with Crippen molar-refractivity contribution in [1.29, 1.82) is 0 Å². The zero-order valence-electron chi connectivity index (χ0n) is 6.71. The second kappa shape index (κ2) is 2.76. The molecule has 2 fully saturated rings. The molecule has 2 nitrogen and oxygen atoms in total. The minimum Gasteiger partial charge on any atom is -0.347 e. The smallest absolute Gasteiger partial charge is 0.168 e. The molecule has 1 heterocycles. The SMILES string of the molecule is [CH]C1COC2(CCCCC2)O1. The van der Waals surface area contributed by atoms with Gasteiger partial charge in [-0.1, -0.05) is 6.42 Å². The van der Waals surface area contributed by atoms with E-state index >= 15 is 0 Å². The van der Waals surface area contributed by atoms with E-state index in [9.17, 15) is 0 Å². The molecule has 0 aromatic carbocycles. The molecule has 1 saturated heterocycles. The first-order chi connectivity index (χ1) is 5.31. The van der Waals surface area contributed by atoms with Crippen molar-refractivity contribution in [3.05, 3.63) is 6.92 Å². The zero-order chi connectivity index (χ0) is 7.73. The summed E-state index contributed by atoms with van der Waals surface area (Å²) in [7, 11) is 0. The third-order valence-electron chi connectivity index (χ3n) is 2.49. The normalized spacial score (nSPS) is 36.3. The Kier molecular flexibility index (Phi) is 1.90. The predicted octanol–water partition coefficient (Wildman–Crippen LogP) is 1.77. The van der Waals surface area contributed by atoms with Crippen molar-refractivity contribution in [1.82, 2.24) is 0 Å². The molecule has 0 aromatic rings. The Hall–Kier alpha value is -0.0800. The third kappa shape index (κ3) is 1.42. The second-order valence-electron chi connectivity index (χ2n) is 3.44. The minimum atomic E-state index is -0.280. The monoisotopic (exact) mass is 154 g/mol. The van der Waals surface area contributed by atoms with Crippen LogP contribution in [0.15, 0.2) is 0 Å². The van der Waals surface area contributed by atoms with Gasteiger partial charge in [0.05, 0.1) is 12.7 Å². The van der Waals surface area contributed by atoms with Crippen LogP contribution < -0.4 is 0 Å². The van der Waals surface area contributed by atoms with E-state index in [-0.39, 0.29) is 11.9 Å². The summed E-state index contributed by atoms with van der Waals surface area (Å²) in [5, 5.41) is 0. The van der Waals surface area contributed by atoms with Gasteiger partial charge in [0.1, 0.15) is 0 Å². The molecule has 0 N–H and O–H groups in total. The third-order valence-corrected chi connectivity index (χ3v) is 2.49. The van der Waals surface area contributed by atoms with E-state index in [1.54, 1.807) is 0 Å². The van der Waals surface area contributed by atoms with Gasteiger partial charge >= 0.3 is 0 Å². The maximum Gasteiger partial charge on any atom is 0.168 e. The fraction of sp³-hybridized carbons (Fsp3) is 0.889. The molecule has 2 radical (unpaired) electrons. The molecule has 11 heavy (non-hydrogen) atoms. The molecule has 1 unspecified atom stereocenters. The van der Waals surface area contributed by atoms with Crippen LogP contribution in [0.5, 0.6) is 0 Å². The Bertz CT molecular complexity index is 133. The molecule has 1 spiro atoms. The van der Waals surface area contributed by atoms with Gasteiger partial charge in [0.15, 0.2) is 5.79 Å². The lowest BCUT2D eigenvalue weighted by Crippen LogP contribution is -2.32. The van der Waals surface area contributed by atoms with Gasteiger partial charge in [0.25, 0.3) is 0 Å². The molecule has 2 aliphatic rings. The quantitative estimate of drug-likeness (QED) is 0.529. The summed E-state index contributed by atoms with van der Waals surface area (Å²) in [5.74, 6) is -0.280. The van der Waals surface area contributed by atoms with Crippen molar-refractivity contribution < 1.29 is 9.47 Å². The predicted molar refractivity (Wildman–Crippen MR) is 40.9 cm³/mol. The molecule has 1 aliphatic heterocycles. The summed E-state index contributed by atoms with van der Waals surface area (Å²) >= 11 is 0. The first-order valence-corrected chi connectivity index (χ1v) is 4.38. The summed E-state index contributed by atoms with van der Waals surface area (Å²) in [6.45, 7) is 6.16. The van der Waals surface area contributed by atoms with Crippen LogP contribution in [0.25, 0.3) is 0 Å². The summed E-state index contributed by atoms with van der Waals surface area (Å²) in [6, 6.07) is 0. The van der Waals surface area contributed by atoms with Crippen LogP contribution in [0.3, 0.4) is 0 Å². The Morgan fingerprint density at radius 1 is 1.18 bits per heavy atom. The highest BCUT2D eigenvalue weighted by Gasteiger charge is 2.40. The van der Waals surface area contributed by atoms with Crippen molar-refractivity contribution in [3.63, 3.8) is 0 Å². The molecular formula is C9H14O2. The van der Waals surface area contributed by atoms with Crippen molar-refractivity contribution in [2.75, 3.05) is 6.61 Å². The maximum absolute atomic E-state index is 5.59. The second-order valence-corrected chi connectivity index (χ2v) is 3.44. The summed E-state index contributed by atoms with van der Waals surface area (Å²) in [5.41, 5.74) is 0. The van der Waals surface area contributed by atoms with Crippen LogP contribution in [0.1, 0.15) is 32.1 Å². The molecule has 0 amide bonds. The van der Waals surface area contributed by atoms with Crippen molar-refractivity contribution in [2.45, 2.75) is 44.0 Å². The van der Waals surface area contributed by atoms with E-state index in [0.717, 1.165) is 12.8 Å². The van der Waals surface area contributed by atoms with E-state index in [1.165, 1.54) is 19.3 Å². The molecule has 0 bridgehead atoms. The molecule has 1 aliphatic carbocycles. The molecule has 1 atom stereocenters. The average molecular weight is 154 g/mol. The molecule has 1 saturated carbocycles. The fourth-order valence-electron chi connectivity index (χ4n) is 1.93. The first-order valence-electron chi connectivity index (χ1n) is 4.38. The molecule has 2 rings (SSSR count). The first kappa shape index (κ1) is 7.56. The van der Waals surface area contributed by atoms with Crippen LogP contribution in [-0.4, -0.2) is 18.5 Å². The van der Waals surface area contributed by atoms with Gasteiger partial charge in [-0.25, -0.2) is 0 Å². The molecule has 62 valence electrons. The molecule has 0 aromatic heterocycles. The Morgan fingerprint density at radius 2 is 1.91 bits per heavy atom. The highest BCUT2D eigenvalue weighted by Crippen LogP contribution is 2.37. The Labute approximate surface area is 67.9 Å². The lowest BCUT2D eigenvalue weighted by atomic mass is 9.94. The van der Waals surface area contributed by atoms with Gasteiger partial charge in [0.2, 0.25) is 0 Å². The van der Waals surface area contributed by atoms with Crippen LogP contribution in [0.2, 0.25) is 0 Å². The van der Waals surface area contributed by atoms with Gasteiger partial charge in [-0.05, 0) is 19.8 Å². The summed E-state index contributed by atoms with van der Waals surface area (Å²) < 4.78 is 11.1. The molecular weight excluding hydrogens is 140 g/mol. The molecule has 2 heteroatoms. The van der Waals surface area contributed by atoms with Gasteiger partial charge in [-0.2, -0.15) is 0 Å². The standard InChI is InChI=1S/C9H14O2/c1-8-7-10-9(11-8)5-3-2-4-6-9/h1,8H,2-7H2. The van der Waals surface area contributed by atoms with Crippen LogP contribution in [0.4, 0.5) is 0 Å². The highest BCUT2D eigenvalue weighted by atomic mass is 16.7. The number of rotatable bonds is 0. The van der Waals surface area contributed by atoms with Crippen molar-refractivity contribution in [2.24, 2.45) is 0 Å². The van der Waals surface area contributed by atoms with Crippen molar-refractivity contribution in [3.8, 4) is 0 Å². The lowest BCUT2D eigenvalue weighted by Gasteiger charge is -2.31. The highest BCUT2D eigenvalue weighted by molar-refractivity contribution is 4.82. The Balaban J connectivity index is 1.98. The van der Waals surface area contributed by atoms with E-state index in [1.807, 2.05) is 0 Å². The lowest BCUT2D eigenvalue weighted by molar-refractivity contribution is -0.183. The summed E-state index contributed by atoms with van der Waals surface area (Å²) in [4.78, 5) is 0. The summed E-state index contributed by atoms with van der Waals surface area (Å²) in [6.07, 6.45) is 5.61. The number of hydrogen-bond acceptors (Lipinski definition) is 2. The Morgan fingerprint density at radius 3 is 2.45 bits per heavy atom.